The van der Waals surface area contributed by atoms with E-state index in [1.54, 1.807) is 31.4 Å². The standard InChI is InChI=1S/C14H20N2O3/c1-18-8-7-16(12-5-6-12)14(17)10-19-13-4-2-3-11(15)9-13/h2-4,9,12H,5-8,10,15H2,1H3. The van der Waals surface area contributed by atoms with Gasteiger partial charge in [-0.15, -0.1) is 0 Å². The molecule has 0 unspecified atom stereocenters. The van der Waals surface area contributed by atoms with E-state index in [4.69, 9.17) is 15.2 Å². The van der Waals surface area contributed by atoms with Crippen LogP contribution in [0, 0.1) is 0 Å². The van der Waals surface area contributed by atoms with E-state index in [1.165, 1.54) is 0 Å². The Bertz CT molecular complexity index is 432. The normalized spacial score (nSPS) is 14.2. The van der Waals surface area contributed by atoms with Gasteiger partial charge in [0.25, 0.3) is 5.91 Å². The molecule has 0 saturated heterocycles. The van der Waals surface area contributed by atoms with Crippen LogP contribution < -0.4 is 10.5 Å². The lowest BCUT2D eigenvalue weighted by Crippen LogP contribution is -2.38. The van der Waals surface area contributed by atoms with Crippen LogP contribution in [-0.4, -0.2) is 43.7 Å². The van der Waals surface area contributed by atoms with Crippen LogP contribution in [0.15, 0.2) is 24.3 Å². The van der Waals surface area contributed by atoms with Crippen molar-refractivity contribution >= 4 is 11.6 Å². The molecule has 1 aromatic carbocycles. The first kappa shape index (κ1) is 13.7. The molecule has 1 aromatic rings. The fourth-order valence-electron chi connectivity index (χ4n) is 1.92. The first-order valence-corrected chi connectivity index (χ1v) is 6.47. The summed E-state index contributed by atoms with van der Waals surface area (Å²) in [5, 5.41) is 0. The van der Waals surface area contributed by atoms with Crippen molar-refractivity contribution in [3.8, 4) is 5.75 Å². The van der Waals surface area contributed by atoms with Crippen LogP contribution in [0.25, 0.3) is 0 Å². The fourth-order valence-corrected chi connectivity index (χ4v) is 1.92. The maximum Gasteiger partial charge on any atom is 0.260 e. The first-order valence-electron chi connectivity index (χ1n) is 6.47. The van der Waals surface area contributed by atoms with E-state index >= 15 is 0 Å². The number of rotatable bonds is 7. The van der Waals surface area contributed by atoms with E-state index in [0.29, 0.717) is 30.6 Å². The number of benzene rings is 1. The Morgan fingerprint density at radius 1 is 1.47 bits per heavy atom. The Balaban J connectivity index is 1.85. The summed E-state index contributed by atoms with van der Waals surface area (Å²) in [5.41, 5.74) is 6.28. The topological polar surface area (TPSA) is 64.8 Å². The Morgan fingerprint density at radius 2 is 2.26 bits per heavy atom. The summed E-state index contributed by atoms with van der Waals surface area (Å²) in [7, 11) is 1.64. The molecule has 1 amide bonds. The van der Waals surface area contributed by atoms with Crippen LogP contribution in [-0.2, 0) is 9.53 Å². The van der Waals surface area contributed by atoms with Gasteiger partial charge in [0.1, 0.15) is 5.75 Å². The Morgan fingerprint density at radius 3 is 2.89 bits per heavy atom. The number of carbonyl (C=O) groups is 1. The van der Waals surface area contributed by atoms with Gasteiger partial charge in [0, 0.05) is 31.5 Å². The number of hydrogen-bond donors (Lipinski definition) is 1. The zero-order chi connectivity index (χ0) is 13.7. The molecule has 0 aromatic heterocycles. The highest BCUT2D eigenvalue weighted by atomic mass is 16.5. The molecule has 0 spiro atoms. The number of amides is 1. The lowest BCUT2D eigenvalue weighted by Gasteiger charge is -2.22. The van der Waals surface area contributed by atoms with Gasteiger partial charge in [-0.05, 0) is 25.0 Å². The number of nitrogens with zero attached hydrogens (tertiary/aromatic N) is 1. The third-order valence-electron chi connectivity index (χ3n) is 3.06. The van der Waals surface area contributed by atoms with Crippen LogP contribution in [0.1, 0.15) is 12.8 Å². The molecule has 5 heteroatoms. The smallest absolute Gasteiger partial charge is 0.260 e. The number of nitrogen functional groups attached to an aromatic ring is 1. The third-order valence-corrected chi connectivity index (χ3v) is 3.06. The van der Waals surface area contributed by atoms with Gasteiger partial charge in [-0.3, -0.25) is 4.79 Å². The molecule has 5 nitrogen and oxygen atoms in total. The SMILES string of the molecule is COCCN(C(=O)COc1cccc(N)c1)C1CC1. The maximum absolute atomic E-state index is 12.1. The molecule has 2 N–H and O–H groups in total. The summed E-state index contributed by atoms with van der Waals surface area (Å²) < 4.78 is 10.5. The van der Waals surface area contributed by atoms with Crippen LogP contribution in [0.4, 0.5) is 5.69 Å². The van der Waals surface area contributed by atoms with E-state index in [1.807, 2.05) is 4.90 Å². The van der Waals surface area contributed by atoms with Gasteiger partial charge in [-0.25, -0.2) is 0 Å². The van der Waals surface area contributed by atoms with Gasteiger partial charge in [0.05, 0.1) is 6.61 Å². The molecule has 1 aliphatic rings. The molecule has 1 aliphatic carbocycles. The summed E-state index contributed by atoms with van der Waals surface area (Å²) in [6.07, 6.45) is 2.15. The Labute approximate surface area is 113 Å². The second-order valence-electron chi connectivity index (χ2n) is 4.67. The van der Waals surface area contributed by atoms with Crippen molar-refractivity contribution in [1.29, 1.82) is 0 Å². The minimum absolute atomic E-state index is 0.00183. The van der Waals surface area contributed by atoms with Crippen LogP contribution >= 0.6 is 0 Å². The predicted molar refractivity (Wildman–Crippen MR) is 73.0 cm³/mol. The zero-order valence-corrected chi connectivity index (χ0v) is 11.2. The predicted octanol–water partition coefficient (Wildman–Crippen LogP) is 1.28. The van der Waals surface area contributed by atoms with E-state index in [-0.39, 0.29) is 12.5 Å². The number of ether oxygens (including phenoxy) is 2. The van der Waals surface area contributed by atoms with E-state index in [2.05, 4.69) is 0 Å². The van der Waals surface area contributed by atoms with Gasteiger partial charge in [-0.1, -0.05) is 6.07 Å². The average Bonchev–Trinajstić information content (AvgIpc) is 3.21. The van der Waals surface area contributed by atoms with Gasteiger partial charge < -0.3 is 20.1 Å². The summed E-state index contributed by atoms with van der Waals surface area (Å²) >= 11 is 0. The molecule has 1 fully saturated rings. The molecule has 0 aliphatic heterocycles. The number of anilines is 1. The lowest BCUT2D eigenvalue weighted by molar-refractivity contribution is -0.134. The summed E-state index contributed by atoms with van der Waals surface area (Å²) in [4.78, 5) is 13.9. The summed E-state index contributed by atoms with van der Waals surface area (Å²) in [5.74, 6) is 0.623. The van der Waals surface area contributed by atoms with Crippen molar-refractivity contribution in [3.63, 3.8) is 0 Å². The van der Waals surface area contributed by atoms with Crippen molar-refractivity contribution in [2.75, 3.05) is 32.6 Å². The molecule has 1 saturated carbocycles. The van der Waals surface area contributed by atoms with Gasteiger partial charge in [0.2, 0.25) is 0 Å². The van der Waals surface area contributed by atoms with E-state index in [9.17, 15) is 4.79 Å². The van der Waals surface area contributed by atoms with E-state index < -0.39 is 0 Å². The van der Waals surface area contributed by atoms with Crippen molar-refractivity contribution in [3.05, 3.63) is 24.3 Å². The second-order valence-corrected chi connectivity index (χ2v) is 4.67. The number of hydrogen-bond acceptors (Lipinski definition) is 4. The van der Waals surface area contributed by atoms with Crippen molar-refractivity contribution in [2.24, 2.45) is 0 Å². The van der Waals surface area contributed by atoms with Gasteiger partial charge in [-0.2, -0.15) is 0 Å². The molecular formula is C14H20N2O3. The highest BCUT2D eigenvalue weighted by molar-refractivity contribution is 5.78. The van der Waals surface area contributed by atoms with Crippen LogP contribution in [0.3, 0.4) is 0 Å². The number of methoxy groups -OCH3 is 1. The molecule has 0 heterocycles. The molecule has 19 heavy (non-hydrogen) atoms. The molecule has 104 valence electrons. The Kier molecular flexibility index (Phi) is 4.63. The molecule has 0 bridgehead atoms. The molecule has 0 radical (unpaired) electrons. The van der Waals surface area contributed by atoms with Crippen molar-refractivity contribution in [2.45, 2.75) is 18.9 Å². The number of nitrogens with two attached hydrogens (primary N) is 1. The van der Waals surface area contributed by atoms with Crippen molar-refractivity contribution in [1.82, 2.24) is 4.90 Å². The minimum atomic E-state index is 0.00183. The zero-order valence-electron chi connectivity index (χ0n) is 11.2. The van der Waals surface area contributed by atoms with Crippen molar-refractivity contribution < 1.29 is 14.3 Å². The average molecular weight is 264 g/mol. The molecule has 0 atom stereocenters. The van der Waals surface area contributed by atoms with E-state index in [0.717, 1.165) is 12.8 Å². The third kappa shape index (κ3) is 4.13. The minimum Gasteiger partial charge on any atom is -0.484 e. The number of carbonyl (C=O) groups excluding carboxylic acids is 1. The quantitative estimate of drug-likeness (QED) is 0.754. The largest absolute Gasteiger partial charge is 0.484 e. The molecule has 2 rings (SSSR count). The van der Waals surface area contributed by atoms with Gasteiger partial charge in [0.15, 0.2) is 6.61 Å². The van der Waals surface area contributed by atoms with Crippen LogP contribution in [0.2, 0.25) is 0 Å². The first-order chi connectivity index (χ1) is 9.20. The summed E-state index contributed by atoms with van der Waals surface area (Å²) in [6.45, 7) is 1.23. The van der Waals surface area contributed by atoms with Gasteiger partial charge >= 0.3 is 0 Å². The lowest BCUT2D eigenvalue weighted by atomic mass is 10.3. The fraction of sp³-hybridized carbons (Fsp3) is 0.500. The maximum atomic E-state index is 12.1. The highest BCUT2D eigenvalue weighted by Crippen LogP contribution is 2.26. The second kappa shape index (κ2) is 6.43. The highest BCUT2D eigenvalue weighted by Gasteiger charge is 2.32. The molecular weight excluding hydrogens is 244 g/mol. The Hall–Kier alpha value is -1.75. The van der Waals surface area contributed by atoms with Crippen LogP contribution in [0.5, 0.6) is 5.75 Å². The summed E-state index contributed by atoms with van der Waals surface area (Å²) in [6, 6.07) is 7.46. The monoisotopic (exact) mass is 264 g/mol.